The van der Waals surface area contributed by atoms with Gasteiger partial charge in [-0.05, 0) is 62.6 Å². The van der Waals surface area contributed by atoms with E-state index in [0.29, 0.717) is 23.3 Å². The van der Waals surface area contributed by atoms with Crippen molar-refractivity contribution in [3.8, 4) is 5.75 Å². The maximum atomic E-state index is 13.8. The third kappa shape index (κ3) is 5.45. The maximum Gasteiger partial charge on any atom is 0.255 e. The number of nitrogens with zero attached hydrogens (tertiary/aromatic N) is 3. The number of hydrogen-bond donors (Lipinski definition) is 2. The molecule has 0 saturated carbocycles. The summed E-state index contributed by atoms with van der Waals surface area (Å²) in [5.74, 6) is 1.92. The van der Waals surface area contributed by atoms with E-state index < -0.39 is 6.04 Å². The van der Waals surface area contributed by atoms with Crippen LogP contribution in [0.25, 0.3) is 0 Å². The zero-order chi connectivity index (χ0) is 26.6. The fraction of sp³-hybridized carbons (Fsp3) is 0.233. The number of rotatable bonds is 8. The molecule has 1 amide bonds. The molecule has 7 nitrogen and oxygen atoms in total. The largest absolute Gasteiger partial charge is 0.494 e. The number of aryl methyl sites for hydroxylation is 2. The van der Waals surface area contributed by atoms with Crippen molar-refractivity contribution in [2.24, 2.45) is 0 Å². The van der Waals surface area contributed by atoms with E-state index in [2.05, 4.69) is 28.8 Å². The lowest BCUT2D eigenvalue weighted by Crippen LogP contribution is -2.31. The number of benzene rings is 3. The van der Waals surface area contributed by atoms with Gasteiger partial charge in [0.05, 0.1) is 12.2 Å². The van der Waals surface area contributed by atoms with Gasteiger partial charge < -0.3 is 15.4 Å². The van der Waals surface area contributed by atoms with Gasteiger partial charge in [-0.25, -0.2) is 4.68 Å². The molecule has 1 aliphatic heterocycles. The Morgan fingerprint density at radius 2 is 1.87 bits per heavy atom. The number of allylic oxidation sites excluding steroid dienone is 1. The second-order valence-corrected chi connectivity index (χ2v) is 10.2. The molecule has 0 fully saturated rings. The summed E-state index contributed by atoms with van der Waals surface area (Å²) >= 11 is 1.57. The van der Waals surface area contributed by atoms with Gasteiger partial charge in [0.2, 0.25) is 11.1 Å². The number of ether oxygens (including phenoxy) is 1. The molecule has 194 valence electrons. The molecule has 1 aliphatic rings. The van der Waals surface area contributed by atoms with Crippen molar-refractivity contribution in [1.82, 2.24) is 14.8 Å². The highest BCUT2D eigenvalue weighted by atomic mass is 32.2. The first-order valence-electron chi connectivity index (χ1n) is 12.7. The first kappa shape index (κ1) is 25.6. The molecule has 1 unspecified atom stereocenters. The topological polar surface area (TPSA) is 81.1 Å². The van der Waals surface area contributed by atoms with Crippen molar-refractivity contribution in [3.05, 3.63) is 106 Å². The smallest absolute Gasteiger partial charge is 0.255 e. The van der Waals surface area contributed by atoms with Gasteiger partial charge in [-0.2, -0.15) is 4.98 Å². The van der Waals surface area contributed by atoms with Gasteiger partial charge in [-0.1, -0.05) is 71.9 Å². The quantitative estimate of drug-likeness (QED) is 0.255. The zero-order valence-corrected chi connectivity index (χ0v) is 22.8. The van der Waals surface area contributed by atoms with Crippen LogP contribution in [0, 0.1) is 13.8 Å². The molecule has 4 aromatic rings. The van der Waals surface area contributed by atoms with Gasteiger partial charge in [0.1, 0.15) is 11.8 Å². The summed E-state index contributed by atoms with van der Waals surface area (Å²) in [6, 6.07) is 23.6. The maximum absolute atomic E-state index is 13.8. The van der Waals surface area contributed by atoms with Crippen molar-refractivity contribution >= 4 is 29.3 Å². The van der Waals surface area contributed by atoms with Crippen molar-refractivity contribution < 1.29 is 9.53 Å². The van der Waals surface area contributed by atoms with E-state index in [1.165, 1.54) is 5.56 Å². The molecule has 0 radical (unpaired) electrons. The molecule has 0 aliphatic carbocycles. The number of carbonyl (C=O) groups excluding carboxylic acids is 1. The predicted octanol–water partition coefficient (Wildman–Crippen LogP) is 6.51. The summed E-state index contributed by atoms with van der Waals surface area (Å²) in [7, 11) is 0. The summed E-state index contributed by atoms with van der Waals surface area (Å²) in [5, 5.41) is 11.9. The Balaban J connectivity index is 1.52. The molecule has 1 aromatic heterocycles. The van der Waals surface area contributed by atoms with Gasteiger partial charge in [-0.3, -0.25) is 4.79 Å². The van der Waals surface area contributed by atoms with E-state index in [1.807, 2.05) is 87.0 Å². The van der Waals surface area contributed by atoms with Crippen LogP contribution in [0.2, 0.25) is 0 Å². The fourth-order valence-corrected chi connectivity index (χ4v) is 5.39. The molecule has 0 bridgehead atoms. The Morgan fingerprint density at radius 3 is 2.63 bits per heavy atom. The number of amides is 1. The number of nitrogens with one attached hydrogen (secondary N) is 2. The van der Waals surface area contributed by atoms with Crippen molar-refractivity contribution in [2.45, 2.75) is 44.6 Å². The first-order chi connectivity index (χ1) is 18.4. The highest BCUT2D eigenvalue weighted by molar-refractivity contribution is 7.98. The third-order valence-corrected chi connectivity index (χ3v) is 7.31. The lowest BCUT2D eigenvalue weighted by atomic mass is 9.94. The number of thioether (sulfide) groups is 1. The van der Waals surface area contributed by atoms with Crippen LogP contribution in [-0.2, 0) is 10.5 Å². The van der Waals surface area contributed by atoms with Crippen molar-refractivity contribution in [3.63, 3.8) is 0 Å². The average Bonchev–Trinajstić information content (AvgIpc) is 3.31. The Hall–Kier alpha value is -4.04. The molecule has 38 heavy (non-hydrogen) atoms. The summed E-state index contributed by atoms with van der Waals surface area (Å²) in [6.07, 6.45) is 0. The van der Waals surface area contributed by atoms with E-state index in [9.17, 15) is 4.79 Å². The molecule has 2 N–H and O–H groups in total. The minimum Gasteiger partial charge on any atom is -0.494 e. The number of carbonyl (C=O) groups is 1. The minimum absolute atomic E-state index is 0.187. The highest BCUT2D eigenvalue weighted by Crippen LogP contribution is 2.38. The third-order valence-electron chi connectivity index (χ3n) is 6.40. The van der Waals surface area contributed by atoms with Crippen molar-refractivity contribution in [2.75, 3.05) is 17.2 Å². The van der Waals surface area contributed by atoms with Crippen LogP contribution in [0.4, 0.5) is 11.6 Å². The van der Waals surface area contributed by atoms with Gasteiger partial charge in [0.25, 0.3) is 5.91 Å². The standard InChI is InChI=1S/C30H31N5O2S/c1-5-37-24-13-9-12-23(17-24)27-26(28(36)32-25-15-14-19(2)16-20(25)3)21(4)31-29-33-30(34-35(27)29)38-18-22-10-7-6-8-11-22/h6-17,27H,5,18H2,1-4H3,(H,32,36)(H,31,33,34). The number of fused-ring (bicyclic) bond motifs is 1. The van der Waals surface area contributed by atoms with Gasteiger partial charge in [0, 0.05) is 17.1 Å². The molecule has 5 rings (SSSR count). The summed E-state index contributed by atoms with van der Waals surface area (Å²) in [6.45, 7) is 8.45. The normalized spacial score (nSPS) is 14.6. The SMILES string of the molecule is CCOc1cccc(C2C(C(=O)Nc3ccc(C)cc3C)=C(C)Nc3nc(SCc4ccccc4)nn32)c1. The number of hydrogen-bond acceptors (Lipinski definition) is 6. The first-order valence-corrected chi connectivity index (χ1v) is 13.6. The number of anilines is 2. The summed E-state index contributed by atoms with van der Waals surface area (Å²) < 4.78 is 7.59. The highest BCUT2D eigenvalue weighted by Gasteiger charge is 2.34. The average molecular weight is 526 g/mol. The molecule has 2 heterocycles. The number of aromatic nitrogens is 3. The molecular weight excluding hydrogens is 494 g/mol. The van der Waals surface area contributed by atoms with Crippen LogP contribution in [0.15, 0.2) is 89.2 Å². The van der Waals surface area contributed by atoms with Crippen LogP contribution < -0.4 is 15.4 Å². The molecule has 0 saturated heterocycles. The van der Waals surface area contributed by atoms with Crippen molar-refractivity contribution in [1.29, 1.82) is 0 Å². The predicted molar refractivity (Wildman–Crippen MR) is 153 cm³/mol. The molecule has 3 aromatic carbocycles. The van der Waals surface area contributed by atoms with Crippen LogP contribution >= 0.6 is 11.8 Å². The van der Waals surface area contributed by atoms with Gasteiger partial charge in [-0.15, -0.1) is 5.10 Å². The minimum atomic E-state index is -0.476. The fourth-order valence-electron chi connectivity index (χ4n) is 4.60. The van der Waals surface area contributed by atoms with Crippen LogP contribution in [0.1, 0.15) is 42.1 Å². The Kier molecular flexibility index (Phi) is 7.51. The lowest BCUT2D eigenvalue weighted by molar-refractivity contribution is -0.113. The second kappa shape index (κ2) is 11.1. The van der Waals surface area contributed by atoms with Gasteiger partial charge in [0.15, 0.2) is 0 Å². The van der Waals surface area contributed by atoms with E-state index in [1.54, 1.807) is 11.8 Å². The van der Waals surface area contributed by atoms with E-state index in [0.717, 1.165) is 39.6 Å². The monoisotopic (exact) mass is 525 g/mol. The summed E-state index contributed by atoms with van der Waals surface area (Å²) in [5.41, 5.74) is 6.35. The Bertz CT molecular complexity index is 1500. The summed E-state index contributed by atoms with van der Waals surface area (Å²) in [4.78, 5) is 18.6. The second-order valence-electron chi connectivity index (χ2n) is 9.28. The molecular formula is C30H31N5O2S. The molecule has 8 heteroatoms. The van der Waals surface area contributed by atoms with E-state index in [-0.39, 0.29) is 5.91 Å². The van der Waals surface area contributed by atoms with Gasteiger partial charge >= 0.3 is 0 Å². The Labute approximate surface area is 227 Å². The van der Waals surface area contributed by atoms with Crippen LogP contribution in [0.3, 0.4) is 0 Å². The lowest BCUT2D eigenvalue weighted by Gasteiger charge is -2.29. The van der Waals surface area contributed by atoms with Crippen LogP contribution in [-0.4, -0.2) is 27.3 Å². The zero-order valence-electron chi connectivity index (χ0n) is 22.0. The molecule has 1 atom stereocenters. The molecule has 0 spiro atoms. The van der Waals surface area contributed by atoms with E-state index in [4.69, 9.17) is 14.8 Å². The van der Waals surface area contributed by atoms with Crippen LogP contribution in [0.5, 0.6) is 5.75 Å². The Morgan fingerprint density at radius 1 is 1.05 bits per heavy atom. The van der Waals surface area contributed by atoms with E-state index >= 15 is 0 Å².